The summed E-state index contributed by atoms with van der Waals surface area (Å²) in [6.07, 6.45) is 3.15. The highest BCUT2D eigenvalue weighted by atomic mass is 32.2. The van der Waals surface area contributed by atoms with Gasteiger partial charge in [0, 0.05) is 64.7 Å². The van der Waals surface area contributed by atoms with Gasteiger partial charge in [0.05, 0.1) is 6.26 Å². The molecule has 0 spiro atoms. The Morgan fingerprint density at radius 2 is 1.72 bits per heavy atom. The Bertz CT molecular complexity index is 880. The number of benzene rings is 1. The third-order valence-corrected chi connectivity index (χ3v) is 7.70. The van der Waals surface area contributed by atoms with Gasteiger partial charge < -0.3 is 10.2 Å². The van der Waals surface area contributed by atoms with Crippen molar-refractivity contribution in [2.45, 2.75) is 39.2 Å². The van der Waals surface area contributed by atoms with Gasteiger partial charge in [0.1, 0.15) is 0 Å². The number of rotatable bonds is 4. The molecule has 0 radical (unpaired) electrons. The average Bonchev–Trinajstić information content (AvgIpc) is 2.79. The topological polar surface area (TPSA) is 90.0 Å². The fraction of sp³-hybridized carbons (Fsp3) is 0.652. The van der Waals surface area contributed by atoms with E-state index in [-0.39, 0.29) is 30.7 Å². The van der Waals surface area contributed by atoms with Crippen LogP contribution in [0.1, 0.15) is 36.8 Å². The molecule has 2 aliphatic heterocycles. The lowest BCUT2D eigenvalue weighted by Crippen LogP contribution is -2.50. The van der Waals surface area contributed by atoms with Gasteiger partial charge in [-0.1, -0.05) is 29.8 Å². The van der Waals surface area contributed by atoms with Crippen LogP contribution in [0.3, 0.4) is 0 Å². The molecule has 2 heterocycles. The van der Waals surface area contributed by atoms with Crippen LogP contribution in [-0.2, 0) is 26.2 Å². The number of nitrogens with zero attached hydrogens (tertiary/aromatic N) is 3. The smallest absolute Gasteiger partial charge is 0.225 e. The molecule has 0 aromatic heterocycles. The maximum Gasteiger partial charge on any atom is 0.225 e. The van der Waals surface area contributed by atoms with Gasteiger partial charge in [-0.15, -0.1) is 0 Å². The molecule has 2 amide bonds. The van der Waals surface area contributed by atoms with Gasteiger partial charge in [-0.3, -0.25) is 14.5 Å². The Balaban J connectivity index is 1.54. The van der Waals surface area contributed by atoms with Crippen LogP contribution in [0.5, 0.6) is 0 Å². The number of aryl methyl sites for hydroxylation is 1. The van der Waals surface area contributed by atoms with Crippen molar-refractivity contribution < 1.29 is 18.0 Å². The first-order chi connectivity index (χ1) is 15.2. The molecule has 3 rings (SSSR count). The number of carbonyl (C=O) groups is 2. The fourth-order valence-corrected chi connectivity index (χ4v) is 5.27. The summed E-state index contributed by atoms with van der Waals surface area (Å²) < 4.78 is 25.3. The van der Waals surface area contributed by atoms with Crippen molar-refractivity contribution in [1.82, 2.24) is 19.4 Å². The zero-order chi connectivity index (χ0) is 23.1. The quantitative estimate of drug-likeness (QED) is 0.723. The minimum atomic E-state index is -3.37. The first kappa shape index (κ1) is 24.7. The van der Waals surface area contributed by atoms with Crippen molar-refractivity contribution in [1.29, 1.82) is 0 Å². The molecule has 2 fully saturated rings. The molecule has 2 saturated heterocycles. The Morgan fingerprint density at radius 3 is 2.38 bits per heavy atom. The molecule has 0 saturated carbocycles. The molecule has 32 heavy (non-hydrogen) atoms. The lowest BCUT2D eigenvalue weighted by atomic mass is 9.97. The van der Waals surface area contributed by atoms with Crippen LogP contribution in [0.4, 0.5) is 0 Å². The van der Waals surface area contributed by atoms with Crippen LogP contribution in [0.2, 0.25) is 0 Å². The van der Waals surface area contributed by atoms with Crippen LogP contribution in [-0.4, -0.2) is 86.4 Å². The van der Waals surface area contributed by atoms with Crippen molar-refractivity contribution >= 4 is 21.8 Å². The van der Waals surface area contributed by atoms with E-state index in [9.17, 15) is 18.0 Å². The highest BCUT2D eigenvalue weighted by Crippen LogP contribution is 2.19. The number of hydrogen-bond donors (Lipinski definition) is 1. The van der Waals surface area contributed by atoms with E-state index in [1.54, 1.807) is 0 Å². The Labute approximate surface area is 192 Å². The zero-order valence-electron chi connectivity index (χ0n) is 19.3. The van der Waals surface area contributed by atoms with Crippen molar-refractivity contribution in [3.8, 4) is 0 Å². The SMILES string of the molecule is Cc1ccc(CN2CCN(C(=O)[C@H]3CCCN(S(C)(=O)=O)CCC(=O)NCC3)CC2)cc1. The molecule has 1 aromatic carbocycles. The second-order valence-corrected chi connectivity index (χ2v) is 11.0. The van der Waals surface area contributed by atoms with Gasteiger partial charge >= 0.3 is 0 Å². The molecule has 2 aliphatic rings. The summed E-state index contributed by atoms with van der Waals surface area (Å²) in [4.78, 5) is 29.6. The van der Waals surface area contributed by atoms with Crippen LogP contribution >= 0.6 is 0 Å². The average molecular weight is 465 g/mol. The van der Waals surface area contributed by atoms with E-state index in [2.05, 4.69) is 41.4 Å². The first-order valence-corrected chi connectivity index (χ1v) is 13.4. The Morgan fingerprint density at radius 1 is 1.03 bits per heavy atom. The van der Waals surface area contributed by atoms with E-state index in [0.29, 0.717) is 45.4 Å². The highest BCUT2D eigenvalue weighted by Gasteiger charge is 2.28. The van der Waals surface area contributed by atoms with Gasteiger partial charge in [-0.2, -0.15) is 0 Å². The molecule has 8 nitrogen and oxygen atoms in total. The number of sulfonamides is 1. The van der Waals surface area contributed by atoms with E-state index in [0.717, 1.165) is 19.6 Å². The number of piperazine rings is 1. The predicted octanol–water partition coefficient (Wildman–Crippen LogP) is 1.21. The summed E-state index contributed by atoms with van der Waals surface area (Å²) in [5.41, 5.74) is 2.53. The molecule has 1 aromatic rings. The summed E-state index contributed by atoms with van der Waals surface area (Å²) in [6.45, 7) is 7.02. The van der Waals surface area contributed by atoms with Crippen LogP contribution in [0, 0.1) is 12.8 Å². The summed E-state index contributed by atoms with van der Waals surface area (Å²) in [7, 11) is -3.37. The van der Waals surface area contributed by atoms with Crippen molar-refractivity contribution in [2.75, 3.05) is 52.1 Å². The summed E-state index contributed by atoms with van der Waals surface area (Å²) in [5.74, 6) is -0.241. The molecule has 0 bridgehead atoms. The Kier molecular flexibility index (Phi) is 8.67. The highest BCUT2D eigenvalue weighted by molar-refractivity contribution is 7.88. The van der Waals surface area contributed by atoms with E-state index in [1.807, 2.05) is 4.90 Å². The predicted molar refractivity (Wildman–Crippen MR) is 124 cm³/mol. The fourth-order valence-electron chi connectivity index (χ4n) is 4.39. The second kappa shape index (κ2) is 11.2. The minimum Gasteiger partial charge on any atom is -0.356 e. The summed E-state index contributed by atoms with van der Waals surface area (Å²) in [6, 6.07) is 8.56. The third kappa shape index (κ3) is 7.28. The number of carbonyl (C=O) groups excluding carboxylic acids is 2. The van der Waals surface area contributed by atoms with Gasteiger partial charge in [0.15, 0.2) is 0 Å². The monoisotopic (exact) mass is 464 g/mol. The Hall–Kier alpha value is -1.97. The molecular formula is C23H36N4O4S. The zero-order valence-corrected chi connectivity index (χ0v) is 20.1. The minimum absolute atomic E-state index is 0.124. The summed E-state index contributed by atoms with van der Waals surface area (Å²) >= 11 is 0. The molecular weight excluding hydrogens is 428 g/mol. The van der Waals surface area contributed by atoms with Crippen LogP contribution in [0.25, 0.3) is 0 Å². The van der Waals surface area contributed by atoms with Crippen molar-refractivity contribution in [2.24, 2.45) is 5.92 Å². The largest absolute Gasteiger partial charge is 0.356 e. The van der Waals surface area contributed by atoms with Crippen LogP contribution < -0.4 is 5.32 Å². The van der Waals surface area contributed by atoms with Crippen molar-refractivity contribution in [3.05, 3.63) is 35.4 Å². The lowest BCUT2D eigenvalue weighted by Gasteiger charge is -2.36. The van der Waals surface area contributed by atoms with Crippen molar-refractivity contribution in [3.63, 3.8) is 0 Å². The molecule has 0 aliphatic carbocycles. The maximum atomic E-state index is 13.2. The first-order valence-electron chi connectivity index (χ1n) is 11.5. The normalized spacial score (nSPS) is 22.8. The van der Waals surface area contributed by atoms with Gasteiger partial charge in [-0.05, 0) is 31.7 Å². The maximum absolute atomic E-state index is 13.2. The van der Waals surface area contributed by atoms with E-state index in [4.69, 9.17) is 0 Å². The standard InChI is InChI=1S/C23H36N4O4S/c1-19-5-7-20(8-6-19)18-25-14-16-26(17-15-25)23(29)21-4-3-12-27(32(2,30)31)13-10-22(28)24-11-9-21/h5-8,21H,3-4,9-18H2,1-2H3,(H,24,28)/t21-/m0/s1. The molecule has 9 heteroatoms. The summed E-state index contributed by atoms with van der Waals surface area (Å²) in [5, 5.41) is 2.84. The third-order valence-electron chi connectivity index (χ3n) is 6.39. The molecule has 0 unspecified atom stereocenters. The number of nitrogens with one attached hydrogen (secondary N) is 1. The second-order valence-electron chi connectivity index (χ2n) is 8.98. The molecule has 1 N–H and O–H groups in total. The lowest BCUT2D eigenvalue weighted by molar-refractivity contribution is -0.138. The van der Waals surface area contributed by atoms with Gasteiger partial charge in [-0.25, -0.2) is 12.7 Å². The van der Waals surface area contributed by atoms with E-state index >= 15 is 0 Å². The van der Waals surface area contributed by atoms with Gasteiger partial charge in [0.25, 0.3) is 0 Å². The van der Waals surface area contributed by atoms with Gasteiger partial charge in [0.2, 0.25) is 21.8 Å². The molecule has 1 atom stereocenters. The van der Waals surface area contributed by atoms with E-state index < -0.39 is 10.0 Å². The van der Waals surface area contributed by atoms with Crippen LogP contribution in [0.15, 0.2) is 24.3 Å². The molecule has 178 valence electrons. The number of hydrogen-bond acceptors (Lipinski definition) is 5. The van der Waals surface area contributed by atoms with E-state index in [1.165, 1.54) is 21.7 Å². The number of amides is 2.